The second-order valence-electron chi connectivity index (χ2n) is 5.27. The van der Waals surface area contributed by atoms with Gasteiger partial charge in [0, 0.05) is 18.5 Å². The van der Waals surface area contributed by atoms with E-state index in [9.17, 15) is 4.79 Å². The number of rotatable bonds is 4. The SMILES string of the molecule is CC(C)CCNC(=O)c1cc(Cl)c2c(c1)OCCCO2. The Morgan fingerprint density at radius 3 is 2.85 bits per heavy atom. The van der Waals surface area contributed by atoms with Crippen LogP contribution in [0.5, 0.6) is 11.5 Å². The monoisotopic (exact) mass is 297 g/mol. The molecule has 1 aliphatic heterocycles. The lowest BCUT2D eigenvalue weighted by atomic mass is 10.1. The third kappa shape index (κ3) is 3.79. The van der Waals surface area contributed by atoms with Gasteiger partial charge in [-0.3, -0.25) is 4.79 Å². The largest absolute Gasteiger partial charge is 0.489 e. The number of hydrogen-bond donors (Lipinski definition) is 1. The molecule has 110 valence electrons. The van der Waals surface area contributed by atoms with E-state index >= 15 is 0 Å². The normalized spacial score (nSPS) is 14.0. The summed E-state index contributed by atoms with van der Waals surface area (Å²) in [6, 6.07) is 3.32. The van der Waals surface area contributed by atoms with Gasteiger partial charge in [-0.15, -0.1) is 0 Å². The zero-order chi connectivity index (χ0) is 14.5. The van der Waals surface area contributed by atoms with Crippen LogP contribution in [0, 0.1) is 5.92 Å². The van der Waals surface area contributed by atoms with E-state index in [1.807, 2.05) is 0 Å². The lowest BCUT2D eigenvalue weighted by Gasteiger charge is -2.12. The van der Waals surface area contributed by atoms with Crippen molar-refractivity contribution in [3.8, 4) is 11.5 Å². The third-order valence-electron chi connectivity index (χ3n) is 3.07. The first-order chi connectivity index (χ1) is 9.58. The van der Waals surface area contributed by atoms with Crippen molar-refractivity contribution in [1.82, 2.24) is 5.32 Å². The van der Waals surface area contributed by atoms with Gasteiger partial charge in [0.25, 0.3) is 5.91 Å². The second-order valence-corrected chi connectivity index (χ2v) is 5.68. The minimum absolute atomic E-state index is 0.136. The van der Waals surface area contributed by atoms with Crippen LogP contribution in [-0.4, -0.2) is 25.7 Å². The molecule has 1 amide bonds. The van der Waals surface area contributed by atoms with Crippen molar-refractivity contribution in [2.24, 2.45) is 5.92 Å². The van der Waals surface area contributed by atoms with Gasteiger partial charge in [-0.25, -0.2) is 0 Å². The van der Waals surface area contributed by atoms with Crippen molar-refractivity contribution in [2.45, 2.75) is 26.7 Å². The average Bonchev–Trinajstić information content (AvgIpc) is 2.63. The van der Waals surface area contributed by atoms with Crippen LogP contribution < -0.4 is 14.8 Å². The molecule has 1 aromatic carbocycles. The van der Waals surface area contributed by atoms with Gasteiger partial charge in [0.15, 0.2) is 11.5 Å². The van der Waals surface area contributed by atoms with E-state index in [0.29, 0.717) is 47.8 Å². The second kappa shape index (κ2) is 6.84. The molecule has 0 aliphatic carbocycles. The van der Waals surface area contributed by atoms with E-state index in [4.69, 9.17) is 21.1 Å². The Labute approximate surface area is 124 Å². The summed E-state index contributed by atoms with van der Waals surface area (Å²) in [4.78, 5) is 12.1. The standard InChI is InChI=1S/C15H20ClNO3/c1-10(2)4-5-17-15(18)11-8-12(16)14-13(9-11)19-6-3-7-20-14/h8-10H,3-7H2,1-2H3,(H,17,18). The minimum Gasteiger partial charge on any atom is -0.489 e. The predicted octanol–water partition coefficient (Wildman–Crippen LogP) is 3.28. The van der Waals surface area contributed by atoms with Gasteiger partial charge in [-0.05, 0) is 24.5 Å². The molecule has 5 heteroatoms. The molecule has 0 atom stereocenters. The van der Waals surface area contributed by atoms with Crippen molar-refractivity contribution < 1.29 is 14.3 Å². The molecule has 0 aromatic heterocycles. The molecule has 0 spiro atoms. The van der Waals surface area contributed by atoms with E-state index in [1.54, 1.807) is 12.1 Å². The average molecular weight is 298 g/mol. The van der Waals surface area contributed by atoms with E-state index < -0.39 is 0 Å². The van der Waals surface area contributed by atoms with Crippen molar-refractivity contribution in [3.63, 3.8) is 0 Å². The molecule has 0 saturated heterocycles. The molecular formula is C15H20ClNO3. The van der Waals surface area contributed by atoms with E-state index in [2.05, 4.69) is 19.2 Å². The Morgan fingerprint density at radius 1 is 1.35 bits per heavy atom. The Kier molecular flexibility index (Phi) is 5.12. The molecule has 20 heavy (non-hydrogen) atoms. The molecule has 0 saturated carbocycles. The Hall–Kier alpha value is -1.42. The van der Waals surface area contributed by atoms with Gasteiger partial charge in [0.2, 0.25) is 0 Å². The van der Waals surface area contributed by atoms with Crippen LogP contribution in [0.3, 0.4) is 0 Å². The Bertz CT molecular complexity index is 488. The fourth-order valence-electron chi connectivity index (χ4n) is 1.94. The highest BCUT2D eigenvalue weighted by molar-refractivity contribution is 6.32. The van der Waals surface area contributed by atoms with Crippen LogP contribution in [-0.2, 0) is 0 Å². The molecule has 0 unspecified atom stereocenters. The van der Waals surface area contributed by atoms with Gasteiger partial charge < -0.3 is 14.8 Å². The van der Waals surface area contributed by atoms with Crippen molar-refractivity contribution >= 4 is 17.5 Å². The first kappa shape index (κ1) is 15.0. The minimum atomic E-state index is -0.136. The quantitative estimate of drug-likeness (QED) is 0.928. The number of nitrogens with one attached hydrogen (secondary N) is 1. The molecule has 1 heterocycles. The maximum Gasteiger partial charge on any atom is 0.251 e. The predicted molar refractivity (Wildman–Crippen MR) is 78.8 cm³/mol. The molecule has 2 rings (SSSR count). The summed E-state index contributed by atoms with van der Waals surface area (Å²) in [6.45, 7) is 6.05. The zero-order valence-electron chi connectivity index (χ0n) is 11.9. The van der Waals surface area contributed by atoms with Crippen LogP contribution in [0.1, 0.15) is 37.0 Å². The molecule has 0 bridgehead atoms. The van der Waals surface area contributed by atoms with Gasteiger partial charge in [-0.1, -0.05) is 25.4 Å². The summed E-state index contributed by atoms with van der Waals surface area (Å²) in [5.74, 6) is 1.50. The summed E-state index contributed by atoms with van der Waals surface area (Å²) in [5.41, 5.74) is 0.503. The topological polar surface area (TPSA) is 47.6 Å². The summed E-state index contributed by atoms with van der Waals surface area (Å²) in [7, 11) is 0. The van der Waals surface area contributed by atoms with Gasteiger partial charge >= 0.3 is 0 Å². The molecule has 0 radical (unpaired) electrons. The van der Waals surface area contributed by atoms with Gasteiger partial charge in [0.1, 0.15) is 0 Å². The van der Waals surface area contributed by atoms with E-state index in [0.717, 1.165) is 12.8 Å². The van der Waals surface area contributed by atoms with E-state index in [-0.39, 0.29) is 5.91 Å². The number of fused-ring (bicyclic) bond motifs is 1. The number of benzene rings is 1. The van der Waals surface area contributed by atoms with Crippen LogP contribution in [0.25, 0.3) is 0 Å². The zero-order valence-corrected chi connectivity index (χ0v) is 12.6. The fourth-order valence-corrected chi connectivity index (χ4v) is 2.20. The smallest absolute Gasteiger partial charge is 0.251 e. The Balaban J connectivity index is 2.10. The number of carbonyl (C=O) groups is 1. The van der Waals surface area contributed by atoms with Crippen LogP contribution in [0.15, 0.2) is 12.1 Å². The molecular weight excluding hydrogens is 278 g/mol. The summed E-state index contributed by atoms with van der Waals surface area (Å²) >= 11 is 6.16. The fraction of sp³-hybridized carbons (Fsp3) is 0.533. The number of halogens is 1. The van der Waals surface area contributed by atoms with Crippen molar-refractivity contribution in [3.05, 3.63) is 22.7 Å². The third-order valence-corrected chi connectivity index (χ3v) is 3.35. The number of carbonyl (C=O) groups excluding carboxylic acids is 1. The highest BCUT2D eigenvalue weighted by atomic mass is 35.5. The number of hydrogen-bond acceptors (Lipinski definition) is 3. The molecule has 1 aromatic rings. The maximum atomic E-state index is 12.1. The lowest BCUT2D eigenvalue weighted by Crippen LogP contribution is -2.25. The first-order valence-corrected chi connectivity index (χ1v) is 7.33. The van der Waals surface area contributed by atoms with Gasteiger partial charge in [0.05, 0.1) is 18.2 Å². The lowest BCUT2D eigenvalue weighted by molar-refractivity contribution is 0.0951. The van der Waals surface area contributed by atoms with Crippen LogP contribution >= 0.6 is 11.6 Å². The summed E-state index contributed by atoms with van der Waals surface area (Å²) in [6.07, 6.45) is 1.75. The van der Waals surface area contributed by atoms with E-state index in [1.165, 1.54) is 0 Å². The van der Waals surface area contributed by atoms with Gasteiger partial charge in [-0.2, -0.15) is 0 Å². The highest BCUT2D eigenvalue weighted by Crippen LogP contribution is 2.37. The summed E-state index contributed by atoms with van der Waals surface area (Å²) in [5, 5.41) is 3.30. The molecule has 4 nitrogen and oxygen atoms in total. The Morgan fingerprint density at radius 2 is 2.10 bits per heavy atom. The molecule has 1 aliphatic rings. The van der Waals surface area contributed by atoms with Crippen molar-refractivity contribution in [1.29, 1.82) is 0 Å². The molecule has 1 N–H and O–H groups in total. The molecule has 0 fully saturated rings. The maximum absolute atomic E-state index is 12.1. The van der Waals surface area contributed by atoms with Crippen LogP contribution in [0.4, 0.5) is 0 Å². The number of amides is 1. The first-order valence-electron chi connectivity index (χ1n) is 6.95. The van der Waals surface area contributed by atoms with Crippen molar-refractivity contribution in [2.75, 3.05) is 19.8 Å². The summed E-state index contributed by atoms with van der Waals surface area (Å²) < 4.78 is 11.1. The number of ether oxygens (including phenoxy) is 2. The highest BCUT2D eigenvalue weighted by Gasteiger charge is 2.18. The van der Waals surface area contributed by atoms with Crippen LogP contribution in [0.2, 0.25) is 5.02 Å².